The average molecular weight is 1360 g/mol. The van der Waals surface area contributed by atoms with Crippen LogP contribution in [0.3, 0.4) is 0 Å². The monoisotopic (exact) mass is 1360 g/mol. The molecule has 12 aromatic rings. The molecule has 0 spiro atoms. The molecule has 20 heteroatoms. The summed E-state index contributed by atoms with van der Waals surface area (Å²) in [5.74, 6) is 1.19. The van der Waals surface area contributed by atoms with Crippen molar-refractivity contribution in [2.24, 2.45) is 0 Å². The van der Waals surface area contributed by atoms with E-state index < -0.39 is 3.79 Å². The van der Waals surface area contributed by atoms with Crippen LogP contribution >= 0.6 is 62.3 Å². The number of pyridine rings is 4. The summed E-state index contributed by atoms with van der Waals surface area (Å²) in [6.07, 6.45) is 5.61. The maximum atomic E-state index is 12.9. The van der Waals surface area contributed by atoms with Gasteiger partial charge >= 0.3 is 0 Å². The first-order valence-electron chi connectivity index (χ1n) is 29.0. The number of aromatic hydroxyl groups is 1. The molecule has 6 aromatic carbocycles. The van der Waals surface area contributed by atoms with E-state index in [-0.39, 0.29) is 33.3 Å². The lowest BCUT2D eigenvalue weighted by molar-refractivity contribution is 0.402. The number of halogens is 5. The molecule has 0 fully saturated rings. The fraction of sp³-hybridized carbons (Fsp3) is 0.183. The maximum absolute atomic E-state index is 12.9. The topological polar surface area (TPSA) is 179 Å². The molecule has 0 saturated heterocycles. The molecular formula is C71H61BrCl4N6O9. The summed E-state index contributed by atoms with van der Waals surface area (Å²) in [6.45, 7) is 4.20. The van der Waals surface area contributed by atoms with Crippen LogP contribution in [0.4, 0.5) is 0 Å². The van der Waals surface area contributed by atoms with Gasteiger partial charge in [-0.1, -0.05) is 172 Å². The van der Waals surface area contributed by atoms with Gasteiger partial charge in [0.1, 0.15) is 11.0 Å². The van der Waals surface area contributed by atoms with Crippen molar-refractivity contribution in [1.82, 2.24) is 28.2 Å². The molecule has 15 nitrogen and oxygen atoms in total. The normalized spacial score (nSPS) is 12.0. The molecule has 1 N–H and O–H groups in total. The van der Waals surface area contributed by atoms with Gasteiger partial charge in [0, 0.05) is 59.1 Å². The van der Waals surface area contributed by atoms with Gasteiger partial charge in [0.15, 0.2) is 38.1 Å². The number of hydrogen-bond donors (Lipinski definition) is 1. The molecule has 0 saturated carbocycles. The average Bonchev–Trinajstić information content (AvgIpc) is 1.31. The minimum atomic E-state index is -1.08. The number of aryl methyl sites for hydroxylation is 5. The third-order valence-corrected chi connectivity index (χ3v) is 16.1. The molecule has 0 atom stereocenters. The number of aromatic nitrogens is 6. The highest BCUT2D eigenvalue weighted by molar-refractivity contribution is 9.10. The minimum absolute atomic E-state index is 0.0421. The molecule has 0 aliphatic carbocycles. The predicted octanol–water partition coefficient (Wildman–Crippen LogP) is 15.4. The van der Waals surface area contributed by atoms with E-state index >= 15 is 0 Å². The fourth-order valence-electron chi connectivity index (χ4n) is 10.9. The van der Waals surface area contributed by atoms with E-state index in [1.54, 1.807) is 38.1 Å². The first-order chi connectivity index (χ1) is 44.0. The van der Waals surface area contributed by atoms with Gasteiger partial charge in [-0.15, -0.1) is 0 Å². The Bertz CT molecular complexity index is 4730. The quantitative estimate of drug-likeness (QED) is 0.150. The van der Waals surface area contributed by atoms with Crippen molar-refractivity contribution in [2.75, 3.05) is 14.2 Å². The number of methoxy groups -OCH3 is 2. The lowest BCUT2D eigenvalue weighted by Gasteiger charge is -2.22. The van der Waals surface area contributed by atoms with Crippen LogP contribution < -0.4 is 31.7 Å². The Morgan fingerprint density at radius 3 is 1.53 bits per heavy atom. The van der Waals surface area contributed by atoms with E-state index in [0.717, 1.165) is 98.2 Å². The van der Waals surface area contributed by atoms with Crippen molar-refractivity contribution in [3.05, 3.63) is 285 Å². The highest BCUT2D eigenvalue weighted by atomic mass is 79.9. The molecule has 15 rings (SSSR count). The van der Waals surface area contributed by atoms with Crippen LogP contribution in [0.5, 0.6) is 17.2 Å². The SMILES string of the molecule is CC(Cl)(Cl)Cl.COc1ccc2n(c1=O)CCc1ccccc1-2.COc1cccn(CCc2ccccc2Br)c1=O.Clc1nc2ccccc2o1.O=c1c(Cc2nc3ccccc3o2)ccc2n1CCc1ccccc1-2.O=c1c(O)ccc2n1CCc1ccccc1-2. The maximum Gasteiger partial charge on any atom is 0.293 e. The van der Waals surface area contributed by atoms with Crippen molar-refractivity contribution >= 4 is 84.5 Å². The van der Waals surface area contributed by atoms with Crippen LogP contribution in [0.25, 0.3) is 56.0 Å². The van der Waals surface area contributed by atoms with Gasteiger partial charge in [0.2, 0.25) is 0 Å². The van der Waals surface area contributed by atoms with Crippen LogP contribution in [0.2, 0.25) is 5.35 Å². The first kappa shape index (κ1) is 65.1. The summed E-state index contributed by atoms with van der Waals surface area (Å²) in [5, 5.41) is 9.59. The van der Waals surface area contributed by atoms with E-state index in [0.29, 0.717) is 43.4 Å². The number of alkyl halides is 3. The van der Waals surface area contributed by atoms with E-state index in [1.807, 2.05) is 138 Å². The molecular weight excluding hydrogens is 1300 g/mol. The van der Waals surface area contributed by atoms with E-state index in [4.69, 9.17) is 64.7 Å². The first-order valence-corrected chi connectivity index (χ1v) is 31.3. The summed E-state index contributed by atoms with van der Waals surface area (Å²) in [6, 6.07) is 62.1. The van der Waals surface area contributed by atoms with E-state index in [2.05, 4.69) is 62.3 Å². The van der Waals surface area contributed by atoms with Gasteiger partial charge in [0.05, 0.1) is 37.7 Å². The summed E-state index contributed by atoms with van der Waals surface area (Å²) < 4.78 is 27.8. The van der Waals surface area contributed by atoms with Gasteiger partial charge in [-0.05, 0) is 139 Å². The Kier molecular flexibility index (Phi) is 21.3. The Morgan fingerprint density at radius 1 is 0.516 bits per heavy atom. The lowest BCUT2D eigenvalue weighted by Crippen LogP contribution is -2.28. The van der Waals surface area contributed by atoms with Crippen molar-refractivity contribution < 1.29 is 23.4 Å². The van der Waals surface area contributed by atoms with Crippen molar-refractivity contribution in [3.8, 4) is 51.0 Å². The standard InChI is InChI=1S/C21H16N2O2.C14H14BrNO2.C14H13NO2.C13H11NO2.C7H4ClNO.C2H3Cl3/c24-21-15(13-20-22-17-7-3-4-8-19(17)25-20)9-10-18-16-6-2-1-5-14(16)11-12-23(18)21;1-18-13-7-4-9-16(14(13)17)10-8-11-5-2-3-6-12(11)15;1-17-13-7-6-12-11-5-3-2-4-10(11)8-9-15(12)14(13)16;15-12-6-5-11-10-4-2-1-3-9(10)7-8-14(11)13(12)16;8-7-9-5-3-1-2-4-6(5)10-7;1-2(3,4)5/h1-10H,11-13H2;2-7,9H,8,10H2,1H3;2-7H,8-9H2,1H3;1-6,15H,7-8H2;1-4H;1H3. The van der Waals surface area contributed by atoms with Gasteiger partial charge in [-0.2, -0.15) is 4.98 Å². The Labute approximate surface area is 552 Å². The minimum Gasteiger partial charge on any atom is -0.503 e. The predicted molar refractivity (Wildman–Crippen MR) is 365 cm³/mol. The summed E-state index contributed by atoms with van der Waals surface area (Å²) >= 11 is 24.2. The van der Waals surface area contributed by atoms with Gasteiger partial charge in [0.25, 0.3) is 27.6 Å². The highest BCUT2D eigenvalue weighted by Crippen LogP contribution is 2.32. The molecule has 3 aliphatic rings. The molecule has 91 heavy (non-hydrogen) atoms. The number of hydrogen-bond acceptors (Lipinski definition) is 11. The number of para-hydroxylation sites is 4. The zero-order valence-electron chi connectivity index (χ0n) is 49.7. The van der Waals surface area contributed by atoms with Crippen molar-refractivity contribution in [2.45, 2.75) is 69.0 Å². The lowest BCUT2D eigenvalue weighted by atomic mass is 9.97. The molecule has 0 unspecified atom stereocenters. The zero-order valence-corrected chi connectivity index (χ0v) is 54.3. The molecule has 0 amide bonds. The number of benzene rings is 6. The van der Waals surface area contributed by atoms with Crippen LogP contribution in [-0.2, 0) is 58.3 Å². The van der Waals surface area contributed by atoms with Crippen molar-refractivity contribution in [1.29, 1.82) is 0 Å². The van der Waals surface area contributed by atoms with Gasteiger partial charge < -0.3 is 41.7 Å². The van der Waals surface area contributed by atoms with E-state index in [1.165, 1.54) is 49.5 Å². The Balaban J connectivity index is 0.000000125. The largest absolute Gasteiger partial charge is 0.503 e. The second-order valence-electron chi connectivity index (χ2n) is 21.1. The Hall–Kier alpha value is -8.90. The molecule has 3 aliphatic heterocycles. The molecule has 0 bridgehead atoms. The second-order valence-corrected chi connectivity index (χ2v) is 25.1. The number of nitrogens with zero attached hydrogens (tertiary/aromatic N) is 6. The zero-order chi connectivity index (χ0) is 64.2. The molecule has 464 valence electrons. The van der Waals surface area contributed by atoms with Gasteiger partial charge in [-0.3, -0.25) is 19.2 Å². The van der Waals surface area contributed by atoms with Gasteiger partial charge in [-0.25, -0.2) is 4.98 Å². The van der Waals surface area contributed by atoms with Crippen molar-refractivity contribution in [3.63, 3.8) is 0 Å². The third kappa shape index (κ3) is 16.0. The smallest absolute Gasteiger partial charge is 0.293 e. The molecule has 6 aromatic heterocycles. The summed E-state index contributed by atoms with van der Waals surface area (Å²) in [5.41, 5.74) is 14.8. The van der Waals surface area contributed by atoms with Crippen LogP contribution in [0, 0.1) is 0 Å². The number of ether oxygens (including phenoxy) is 2. The molecule has 0 radical (unpaired) electrons. The highest BCUT2D eigenvalue weighted by Gasteiger charge is 2.21. The third-order valence-electron chi connectivity index (χ3n) is 15.2. The van der Waals surface area contributed by atoms with Crippen LogP contribution in [0.15, 0.2) is 233 Å². The van der Waals surface area contributed by atoms with Crippen LogP contribution in [0.1, 0.15) is 40.6 Å². The second kappa shape index (κ2) is 29.8. The molecule has 9 heterocycles. The van der Waals surface area contributed by atoms with E-state index in [9.17, 15) is 24.3 Å². The summed E-state index contributed by atoms with van der Waals surface area (Å²) in [7, 11) is 3.04. The number of rotatable bonds is 7. The summed E-state index contributed by atoms with van der Waals surface area (Å²) in [4.78, 5) is 57.1. The number of fused-ring (bicyclic) bond motifs is 11. The van der Waals surface area contributed by atoms with Crippen LogP contribution in [-0.4, -0.2) is 51.4 Å². The number of oxazole rings is 2. The Morgan fingerprint density at radius 2 is 0.978 bits per heavy atom. The fourth-order valence-corrected chi connectivity index (χ4v) is 11.5.